The smallest absolute Gasteiger partial charge is 0.307 e. The van der Waals surface area contributed by atoms with E-state index in [4.69, 9.17) is 0 Å². The van der Waals surface area contributed by atoms with E-state index >= 15 is 0 Å². The zero-order valence-corrected chi connectivity index (χ0v) is 13.4. The van der Waals surface area contributed by atoms with E-state index in [2.05, 4.69) is 0 Å². The summed E-state index contributed by atoms with van der Waals surface area (Å²) in [4.78, 5) is 11.3. The van der Waals surface area contributed by atoms with Crippen LogP contribution in [0.25, 0.3) is 10.9 Å². The maximum Gasteiger partial charge on any atom is 0.307 e. The summed E-state index contributed by atoms with van der Waals surface area (Å²) in [5.41, 5.74) is 3.42. The van der Waals surface area contributed by atoms with Crippen LogP contribution in [0.1, 0.15) is 23.7 Å². The van der Waals surface area contributed by atoms with Gasteiger partial charge in [-0.3, -0.25) is 4.79 Å². The molecule has 0 atom stereocenters. The van der Waals surface area contributed by atoms with Gasteiger partial charge in [0.05, 0.1) is 11.9 Å². The molecule has 3 N–H and O–H groups in total. The lowest BCUT2D eigenvalue weighted by Crippen LogP contribution is -2.07. The first-order valence-corrected chi connectivity index (χ1v) is 7.82. The summed E-state index contributed by atoms with van der Waals surface area (Å²) in [5.74, 6) is -0.550. The number of aromatic nitrogens is 1. The normalized spacial score (nSPS) is 11.0. The third-order valence-corrected chi connectivity index (χ3v) is 4.19. The van der Waals surface area contributed by atoms with Crippen molar-refractivity contribution in [3.8, 4) is 11.5 Å². The molecule has 0 unspecified atom stereocenters. The molecule has 1 aromatic heterocycles. The van der Waals surface area contributed by atoms with Crippen molar-refractivity contribution >= 4 is 16.9 Å². The van der Waals surface area contributed by atoms with E-state index in [0.717, 1.165) is 27.7 Å². The molecule has 0 fully saturated rings. The third-order valence-electron chi connectivity index (χ3n) is 4.19. The number of aliphatic carboxylic acids is 1. The Morgan fingerprint density at radius 3 is 2.50 bits per heavy atom. The lowest BCUT2D eigenvalue weighted by Gasteiger charge is -2.11. The highest BCUT2D eigenvalue weighted by Gasteiger charge is 2.18. The van der Waals surface area contributed by atoms with Crippen molar-refractivity contribution in [2.75, 3.05) is 0 Å². The molecule has 1 heterocycles. The van der Waals surface area contributed by atoms with Gasteiger partial charge in [-0.2, -0.15) is 0 Å². The Balaban J connectivity index is 2.21. The van der Waals surface area contributed by atoms with Gasteiger partial charge < -0.3 is 19.9 Å². The molecule has 5 heteroatoms. The van der Waals surface area contributed by atoms with E-state index in [-0.39, 0.29) is 17.9 Å². The topological polar surface area (TPSA) is 82.7 Å². The number of benzene rings is 2. The predicted octanol–water partition coefficient (Wildman–Crippen LogP) is 3.29. The van der Waals surface area contributed by atoms with Crippen LogP contribution in [0.5, 0.6) is 11.5 Å². The van der Waals surface area contributed by atoms with Gasteiger partial charge in [-0.25, -0.2) is 0 Å². The molecule has 124 valence electrons. The first kappa shape index (κ1) is 15.9. The number of nitrogens with zero attached hydrogens (tertiary/aromatic N) is 1. The van der Waals surface area contributed by atoms with Crippen molar-refractivity contribution in [3.63, 3.8) is 0 Å². The Morgan fingerprint density at radius 2 is 1.83 bits per heavy atom. The van der Waals surface area contributed by atoms with Gasteiger partial charge >= 0.3 is 5.97 Å². The highest BCUT2D eigenvalue weighted by molar-refractivity contribution is 5.90. The second-order valence-electron chi connectivity index (χ2n) is 5.81. The van der Waals surface area contributed by atoms with Crippen LogP contribution in [0.2, 0.25) is 0 Å². The summed E-state index contributed by atoms with van der Waals surface area (Å²) in [6.07, 6.45) is 0.619. The predicted molar refractivity (Wildman–Crippen MR) is 91.5 cm³/mol. The van der Waals surface area contributed by atoms with Crippen molar-refractivity contribution in [1.29, 1.82) is 0 Å². The number of phenolic OH excluding ortho intramolecular Hbond substituents is 2. The summed E-state index contributed by atoms with van der Waals surface area (Å²) in [7, 11) is 0. The second kappa shape index (κ2) is 6.28. The van der Waals surface area contributed by atoms with Crippen LogP contribution in [0, 0.1) is 0 Å². The Labute approximate surface area is 139 Å². The minimum Gasteiger partial charge on any atom is -0.508 e. The van der Waals surface area contributed by atoms with Crippen LogP contribution in [0.15, 0.2) is 42.5 Å². The number of carboxylic acid groups (broad SMARTS) is 1. The van der Waals surface area contributed by atoms with Gasteiger partial charge in [-0.1, -0.05) is 19.1 Å². The van der Waals surface area contributed by atoms with Gasteiger partial charge in [-0.05, 0) is 41.8 Å². The summed E-state index contributed by atoms with van der Waals surface area (Å²) < 4.78 is 2.02. The van der Waals surface area contributed by atoms with E-state index in [1.807, 2.05) is 17.6 Å². The molecule has 0 saturated heterocycles. The molecule has 0 bridgehead atoms. The van der Waals surface area contributed by atoms with Gasteiger partial charge in [0.1, 0.15) is 11.5 Å². The first-order chi connectivity index (χ1) is 11.5. The van der Waals surface area contributed by atoms with Crippen LogP contribution in [-0.2, 0) is 24.2 Å². The molecule has 0 aliphatic carbocycles. The molecule has 2 aromatic carbocycles. The largest absolute Gasteiger partial charge is 0.508 e. The minimum absolute atomic E-state index is 0.0580. The Bertz CT molecular complexity index is 911. The molecule has 24 heavy (non-hydrogen) atoms. The van der Waals surface area contributed by atoms with Gasteiger partial charge in [0.15, 0.2) is 0 Å². The fourth-order valence-electron chi connectivity index (χ4n) is 3.23. The van der Waals surface area contributed by atoms with E-state index < -0.39 is 5.97 Å². The number of hydrogen-bond donors (Lipinski definition) is 3. The zero-order chi connectivity index (χ0) is 17.3. The molecule has 0 aliphatic heterocycles. The molecule has 0 saturated carbocycles. The van der Waals surface area contributed by atoms with Crippen LogP contribution in [-0.4, -0.2) is 25.9 Å². The molecule has 3 rings (SSSR count). The number of rotatable bonds is 5. The third kappa shape index (κ3) is 2.93. The monoisotopic (exact) mass is 325 g/mol. The highest BCUT2D eigenvalue weighted by atomic mass is 16.4. The number of carboxylic acids is 1. The standard InChI is InChI=1S/C19H19NO4/c1-2-17-16(10-19(23)24)15-7-6-14(22)9-18(15)20(17)11-12-4-3-5-13(21)8-12/h3-9,21-22H,2,10-11H2,1H3,(H,23,24). The van der Waals surface area contributed by atoms with Gasteiger partial charge in [0, 0.05) is 23.7 Å². The summed E-state index contributed by atoms with van der Waals surface area (Å²) in [6, 6.07) is 12.0. The maximum absolute atomic E-state index is 11.3. The molecular formula is C19H19NO4. The Kier molecular flexibility index (Phi) is 4.16. The second-order valence-corrected chi connectivity index (χ2v) is 5.81. The average Bonchev–Trinajstić information content (AvgIpc) is 2.79. The van der Waals surface area contributed by atoms with Crippen LogP contribution in [0.4, 0.5) is 0 Å². The molecule has 0 amide bonds. The molecular weight excluding hydrogens is 306 g/mol. The van der Waals surface area contributed by atoms with E-state index in [0.29, 0.717) is 13.0 Å². The molecule has 5 nitrogen and oxygen atoms in total. The van der Waals surface area contributed by atoms with Crippen LogP contribution >= 0.6 is 0 Å². The van der Waals surface area contributed by atoms with Crippen molar-refractivity contribution in [3.05, 3.63) is 59.3 Å². The summed E-state index contributed by atoms with van der Waals surface area (Å²) in [5, 5.41) is 29.6. The maximum atomic E-state index is 11.3. The summed E-state index contributed by atoms with van der Waals surface area (Å²) in [6.45, 7) is 2.48. The Hall–Kier alpha value is -2.95. The molecule has 3 aromatic rings. The highest BCUT2D eigenvalue weighted by Crippen LogP contribution is 2.31. The summed E-state index contributed by atoms with van der Waals surface area (Å²) >= 11 is 0. The van der Waals surface area contributed by atoms with E-state index in [1.54, 1.807) is 36.4 Å². The average molecular weight is 325 g/mol. The van der Waals surface area contributed by atoms with Crippen LogP contribution in [0.3, 0.4) is 0 Å². The fraction of sp³-hybridized carbons (Fsp3) is 0.211. The number of phenols is 2. The van der Waals surface area contributed by atoms with Gasteiger partial charge in [-0.15, -0.1) is 0 Å². The molecule has 0 aliphatic rings. The molecule has 0 spiro atoms. The van der Waals surface area contributed by atoms with Gasteiger partial charge in [0.2, 0.25) is 0 Å². The zero-order valence-electron chi connectivity index (χ0n) is 13.4. The molecule has 0 radical (unpaired) electrons. The number of fused-ring (bicyclic) bond motifs is 1. The SMILES string of the molecule is CCc1c(CC(=O)O)c2ccc(O)cc2n1Cc1cccc(O)c1. The number of carbonyl (C=O) groups is 1. The first-order valence-electron chi connectivity index (χ1n) is 7.82. The van der Waals surface area contributed by atoms with Crippen molar-refractivity contribution < 1.29 is 20.1 Å². The number of aromatic hydroxyl groups is 2. The lowest BCUT2D eigenvalue weighted by atomic mass is 10.1. The van der Waals surface area contributed by atoms with Crippen molar-refractivity contribution in [2.24, 2.45) is 0 Å². The van der Waals surface area contributed by atoms with E-state index in [1.165, 1.54) is 0 Å². The van der Waals surface area contributed by atoms with Crippen LogP contribution < -0.4 is 0 Å². The number of hydrogen-bond acceptors (Lipinski definition) is 3. The van der Waals surface area contributed by atoms with Crippen molar-refractivity contribution in [1.82, 2.24) is 4.57 Å². The van der Waals surface area contributed by atoms with Crippen molar-refractivity contribution in [2.45, 2.75) is 26.3 Å². The Morgan fingerprint density at radius 1 is 1.08 bits per heavy atom. The quantitative estimate of drug-likeness (QED) is 0.672. The lowest BCUT2D eigenvalue weighted by molar-refractivity contribution is -0.136. The fourth-order valence-corrected chi connectivity index (χ4v) is 3.23. The van der Waals surface area contributed by atoms with Gasteiger partial charge in [0.25, 0.3) is 0 Å². The minimum atomic E-state index is -0.880. The van der Waals surface area contributed by atoms with E-state index in [9.17, 15) is 20.1 Å².